The number of aliphatic hydroxyl groups excluding tert-OH is 1. The quantitative estimate of drug-likeness (QED) is 0.652. The van der Waals surface area contributed by atoms with Gasteiger partial charge in [-0.1, -0.05) is 42.5 Å². The van der Waals surface area contributed by atoms with Crippen molar-refractivity contribution in [3.05, 3.63) is 72.2 Å². The van der Waals surface area contributed by atoms with Crippen molar-refractivity contribution in [2.45, 2.75) is 12.5 Å². The van der Waals surface area contributed by atoms with Crippen LogP contribution in [-0.4, -0.2) is 24.2 Å². The van der Waals surface area contributed by atoms with E-state index in [9.17, 15) is 9.90 Å². The molecular weight excluding hydrogens is 304 g/mol. The first-order chi connectivity index (χ1) is 11.7. The van der Waals surface area contributed by atoms with Crippen molar-refractivity contribution in [3.63, 3.8) is 0 Å². The molecule has 0 saturated carbocycles. The molecular formula is C19H20N2O3. The maximum Gasteiger partial charge on any atom is 0.314 e. The van der Waals surface area contributed by atoms with Gasteiger partial charge in [0.1, 0.15) is 11.9 Å². The summed E-state index contributed by atoms with van der Waals surface area (Å²) < 4.78 is 5.08. The molecule has 24 heavy (non-hydrogen) atoms. The molecule has 3 rings (SSSR count). The molecule has 1 unspecified atom stereocenters. The van der Waals surface area contributed by atoms with Gasteiger partial charge in [0.15, 0.2) is 0 Å². The van der Waals surface area contributed by atoms with Crippen LogP contribution in [0.25, 0.3) is 10.8 Å². The molecule has 0 bridgehead atoms. The summed E-state index contributed by atoms with van der Waals surface area (Å²) in [6.07, 6.45) is 1.40. The molecule has 0 aliphatic rings. The van der Waals surface area contributed by atoms with Crippen LogP contribution < -0.4 is 10.6 Å². The predicted octanol–water partition coefficient (Wildman–Crippen LogP) is 3.01. The van der Waals surface area contributed by atoms with Crippen molar-refractivity contribution in [2.24, 2.45) is 0 Å². The topological polar surface area (TPSA) is 74.5 Å². The van der Waals surface area contributed by atoms with E-state index in [2.05, 4.69) is 41.0 Å². The molecule has 3 N–H and O–H groups in total. The van der Waals surface area contributed by atoms with Crippen LogP contribution in [0.15, 0.2) is 65.3 Å². The fraction of sp³-hybridized carbons (Fsp3) is 0.211. The van der Waals surface area contributed by atoms with E-state index in [4.69, 9.17) is 4.42 Å². The highest BCUT2D eigenvalue weighted by molar-refractivity contribution is 5.83. The van der Waals surface area contributed by atoms with Crippen molar-refractivity contribution in [2.75, 3.05) is 13.1 Å². The molecule has 3 aromatic rings. The van der Waals surface area contributed by atoms with Crippen molar-refractivity contribution < 1.29 is 14.3 Å². The minimum absolute atomic E-state index is 0.106. The summed E-state index contributed by atoms with van der Waals surface area (Å²) in [5, 5.41) is 17.6. The monoisotopic (exact) mass is 324 g/mol. The van der Waals surface area contributed by atoms with Crippen LogP contribution in [0.1, 0.15) is 17.4 Å². The number of rotatable bonds is 6. The Hall–Kier alpha value is -2.79. The van der Waals surface area contributed by atoms with Gasteiger partial charge in [0, 0.05) is 6.54 Å². The van der Waals surface area contributed by atoms with Crippen molar-refractivity contribution in [1.82, 2.24) is 10.6 Å². The number of carbonyl (C=O) groups excluding carboxylic acids is 1. The van der Waals surface area contributed by atoms with Crippen LogP contribution in [0, 0.1) is 0 Å². The average Bonchev–Trinajstić information content (AvgIpc) is 3.14. The summed E-state index contributed by atoms with van der Waals surface area (Å²) in [5.74, 6) is 0.437. The van der Waals surface area contributed by atoms with Crippen LogP contribution >= 0.6 is 0 Å². The second-order valence-corrected chi connectivity index (χ2v) is 5.60. The smallest absolute Gasteiger partial charge is 0.314 e. The van der Waals surface area contributed by atoms with E-state index in [1.165, 1.54) is 22.6 Å². The van der Waals surface area contributed by atoms with Gasteiger partial charge < -0.3 is 20.2 Å². The van der Waals surface area contributed by atoms with Gasteiger partial charge in [-0.2, -0.15) is 0 Å². The van der Waals surface area contributed by atoms with Gasteiger partial charge in [-0.3, -0.25) is 0 Å². The zero-order valence-corrected chi connectivity index (χ0v) is 13.2. The van der Waals surface area contributed by atoms with Crippen LogP contribution in [0.4, 0.5) is 4.79 Å². The van der Waals surface area contributed by atoms with Crippen molar-refractivity contribution >= 4 is 16.8 Å². The van der Waals surface area contributed by atoms with Crippen LogP contribution in [-0.2, 0) is 6.42 Å². The number of aliphatic hydroxyl groups is 1. The largest absolute Gasteiger partial charge is 0.467 e. The SMILES string of the molecule is O=C(NCCc1ccc2ccccc2c1)NCC(O)c1ccco1. The minimum Gasteiger partial charge on any atom is -0.467 e. The molecule has 1 aromatic heterocycles. The van der Waals surface area contributed by atoms with E-state index in [1.807, 2.05) is 12.1 Å². The lowest BCUT2D eigenvalue weighted by molar-refractivity contribution is 0.148. The second kappa shape index (κ2) is 7.66. The highest BCUT2D eigenvalue weighted by Crippen LogP contribution is 2.15. The highest BCUT2D eigenvalue weighted by Gasteiger charge is 2.11. The standard InChI is InChI=1S/C19H20N2O3/c22-17(18-6-3-11-24-18)13-21-19(23)20-10-9-14-7-8-15-4-1-2-5-16(15)12-14/h1-8,11-12,17,22H,9-10,13H2,(H2,20,21,23). The molecule has 124 valence electrons. The number of furan rings is 1. The minimum atomic E-state index is -0.841. The number of benzene rings is 2. The summed E-state index contributed by atoms with van der Waals surface area (Å²) in [4.78, 5) is 11.8. The molecule has 5 heteroatoms. The molecule has 0 saturated heterocycles. The Morgan fingerprint density at radius 1 is 1.04 bits per heavy atom. The molecule has 5 nitrogen and oxygen atoms in total. The summed E-state index contributed by atoms with van der Waals surface area (Å²) in [7, 11) is 0. The Labute approximate surface area is 140 Å². The van der Waals surface area contributed by atoms with E-state index in [-0.39, 0.29) is 12.6 Å². The van der Waals surface area contributed by atoms with E-state index in [0.29, 0.717) is 12.3 Å². The number of urea groups is 1. The molecule has 0 aliphatic heterocycles. The third kappa shape index (κ3) is 4.14. The highest BCUT2D eigenvalue weighted by atomic mass is 16.4. The van der Waals surface area contributed by atoms with E-state index < -0.39 is 6.10 Å². The summed E-state index contributed by atoms with van der Waals surface area (Å²) in [5.41, 5.74) is 1.17. The first kappa shape index (κ1) is 16.1. The van der Waals surface area contributed by atoms with Gasteiger partial charge in [0.05, 0.1) is 12.8 Å². The lowest BCUT2D eigenvalue weighted by atomic mass is 10.1. The first-order valence-corrected chi connectivity index (χ1v) is 7.93. The first-order valence-electron chi connectivity index (χ1n) is 7.93. The number of nitrogens with one attached hydrogen (secondary N) is 2. The van der Waals surface area contributed by atoms with E-state index in [1.54, 1.807) is 12.1 Å². The summed E-state index contributed by atoms with van der Waals surface area (Å²) >= 11 is 0. The third-order valence-electron chi connectivity index (χ3n) is 3.84. The Balaban J connectivity index is 1.42. The normalized spacial score (nSPS) is 12.0. The maximum atomic E-state index is 11.8. The van der Waals surface area contributed by atoms with Crippen LogP contribution in [0.2, 0.25) is 0 Å². The van der Waals surface area contributed by atoms with Crippen LogP contribution in [0.3, 0.4) is 0 Å². The van der Waals surface area contributed by atoms with Gasteiger partial charge in [-0.25, -0.2) is 4.79 Å². The maximum absolute atomic E-state index is 11.8. The molecule has 0 spiro atoms. The fourth-order valence-electron chi connectivity index (χ4n) is 2.55. The average molecular weight is 324 g/mol. The molecule has 2 aromatic carbocycles. The number of carbonyl (C=O) groups is 1. The predicted molar refractivity (Wildman–Crippen MR) is 92.7 cm³/mol. The molecule has 1 atom stereocenters. The Morgan fingerprint density at radius 3 is 2.67 bits per heavy atom. The van der Waals surface area contributed by atoms with Gasteiger partial charge in [0.2, 0.25) is 0 Å². The lowest BCUT2D eigenvalue weighted by Gasteiger charge is -2.11. The fourth-order valence-corrected chi connectivity index (χ4v) is 2.55. The Morgan fingerprint density at radius 2 is 1.88 bits per heavy atom. The number of fused-ring (bicyclic) bond motifs is 1. The third-order valence-corrected chi connectivity index (χ3v) is 3.84. The number of hydrogen-bond donors (Lipinski definition) is 3. The van der Waals surface area contributed by atoms with Crippen molar-refractivity contribution in [1.29, 1.82) is 0 Å². The van der Waals surface area contributed by atoms with Gasteiger partial charge in [0.25, 0.3) is 0 Å². The molecule has 1 heterocycles. The molecule has 0 aliphatic carbocycles. The Kier molecular flexibility index (Phi) is 5.13. The summed E-state index contributed by atoms with van der Waals surface area (Å²) in [6.45, 7) is 0.635. The molecule has 0 fully saturated rings. The lowest BCUT2D eigenvalue weighted by Crippen LogP contribution is -2.38. The molecule has 0 radical (unpaired) electrons. The van der Waals surface area contributed by atoms with Gasteiger partial charge in [-0.15, -0.1) is 0 Å². The zero-order valence-electron chi connectivity index (χ0n) is 13.2. The number of hydrogen-bond acceptors (Lipinski definition) is 3. The number of amides is 2. The van der Waals surface area contributed by atoms with Gasteiger partial charge >= 0.3 is 6.03 Å². The van der Waals surface area contributed by atoms with Gasteiger partial charge in [-0.05, 0) is 34.9 Å². The van der Waals surface area contributed by atoms with E-state index in [0.717, 1.165) is 6.42 Å². The summed E-state index contributed by atoms with van der Waals surface area (Å²) in [6, 6.07) is 17.5. The van der Waals surface area contributed by atoms with E-state index >= 15 is 0 Å². The Bertz CT molecular complexity index is 799. The zero-order chi connectivity index (χ0) is 16.8. The molecule has 2 amide bonds. The van der Waals surface area contributed by atoms with Crippen molar-refractivity contribution in [3.8, 4) is 0 Å². The second-order valence-electron chi connectivity index (χ2n) is 5.60. The van der Waals surface area contributed by atoms with Crippen LogP contribution in [0.5, 0.6) is 0 Å².